The molecule has 0 aromatic carbocycles. The average molecular weight is 271 g/mol. The number of carbonyl (C=O) groups is 1. The van der Waals surface area contributed by atoms with Crippen LogP contribution in [0.2, 0.25) is 0 Å². The summed E-state index contributed by atoms with van der Waals surface area (Å²) in [6.45, 7) is 6.71. The van der Waals surface area contributed by atoms with Gasteiger partial charge in [0, 0.05) is 26.2 Å². The summed E-state index contributed by atoms with van der Waals surface area (Å²) in [6, 6.07) is -0.237. The van der Waals surface area contributed by atoms with E-state index in [1.54, 1.807) is 0 Å². The number of carbonyl (C=O) groups excluding carboxylic acids is 1. The van der Waals surface area contributed by atoms with Crippen LogP contribution < -0.4 is 10.6 Å². The van der Waals surface area contributed by atoms with Crippen LogP contribution in [0.3, 0.4) is 0 Å². The number of nitrogens with one attached hydrogen (secondary N) is 2. The van der Waals surface area contributed by atoms with Gasteiger partial charge in [0.25, 0.3) is 0 Å². The Bertz CT molecular complexity index is 391. The van der Waals surface area contributed by atoms with Gasteiger partial charge < -0.3 is 10.1 Å². The van der Waals surface area contributed by atoms with Crippen molar-refractivity contribution in [1.29, 1.82) is 0 Å². The number of aromatic nitrogens is 2. The van der Waals surface area contributed by atoms with Crippen molar-refractivity contribution in [3.8, 4) is 0 Å². The minimum Gasteiger partial charge on any atom is -0.379 e. The van der Waals surface area contributed by atoms with Crippen LogP contribution >= 0.6 is 11.3 Å². The topological polar surface area (TPSA) is 79.4 Å². The Balaban J connectivity index is 1.62. The largest absolute Gasteiger partial charge is 0.379 e. The Labute approximate surface area is 110 Å². The summed E-state index contributed by atoms with van der Waals surface area (Å²) in [5, 5.41) is 14.5. The fourth-order valence-corrected chi connectivity index (χ4v) is 2.23. The molecule has 18 heavy (non-hydrogen) atoms. The Morgan fingerprint density at radius 3 is 2.89 bits per heavy atom. The molecule has 0 bridgehead atoms. The Morgan fingerprint density at radius 2 is 2.22 bits per heavy atom. The van der Waals surface area contributed by atoms with Gasteiger partial charge in [-0.05, 0) is 6.92 Å². The number of anilines is 1. The number of urea groups is 1. The van der Waals surface area contributed by atoms with E-state index in [4.69, 9.17) is 4.74 Å². The van der Waals surface area contributed by atoms with Crippen molar-refractivity contribution in [3.63, 3.8) is 0 Å². The number of morpholine rings is 1. The first-order valence-corrected chi connectivity index (χ1v) is 6.71. The monoisotopic (exact) mass is 271 g/mol. The predicted octanol–water partition coefficient (Wildman–Crippen LogP) is 0.300. The fourth-order valence-electron chi connectivity index (χ4n) is 1.64. The van der Waals surface area contributed by atoms with Gasteiger partial charge in [0.1, 0.15) is 5.01 Å². The van der Waals surface area contributed by atoms with E-state index in [0.29, 0.717) is 11.7 Å². The van der Waals surface area contributed by atoms with Crippen LogP contribution in [0.4, 0.5) is 9.93 Å². The first-order valence-electron chi connectivity index (χ1n) is 5.89. The second kappa shape index (κ2) is 6.62. The summed E-state index contributed by atoms with van der Waals surface area (Å²) in [6.07, 6.45) is 0. The molecule has 2 amide bonds. The van der Waals surface area contributed by atoms with Gasteiger partial charge in [-0.2, -0.15) is 0 Å². The molecule has 1 saturated heterocycles. The highest BCUT2D eigenvalue weighted by Crippen LogP contribution is 2.12. The minimum atomic E-state index is -0.237. The molecule has 1 fully saturated rings. The van der Waals surface area contributed by atoms with E-state index in [9.17, 15) is 4.79 Å². The summed E-state index contributed by atoms with van der Waals surface area (Å²) in [7, 11) is 0. The van der Waals surface area contributed by atoms with Crippen LogP contribution in [0.25, 0.3) is 0 Å². The van der Waals surface area contributed by atoms with E-state index in [0.717, 1.165) is 37.9 Å². The minimum absolute atomic E-state index is 0.237. The molecule has 0 radical (unpaired) electrons. The van der Waals surface area contributed by atoms with E-state index in [2.05, 4.69) is 25.7 Å². The number of rotatable bonds is 4. The lowest BCUT2D eigenvalue weighted by molar-refractivity contribution is 0.0388. The van der Waals surface area contributed by atoms with E-state index in [1.165, 1.54) is 11.3 Å². The molecule has 2 rings (SSSR count). The van der Waals surface area contributed by atoms with Crippen LogP contribution in [0.15, 0.2) is 0 Å². The zero-order chi connectivity index (χ0) is 12.8. The summed E-state index contributed by atoms with van der Waals surface area (Å²) < 4.78 is 5.25. The third-order valence-electron chi connectivity index (χ3n) is 2.56. The molecule has 1 aromatic rings. The maximum Gasteiger partial charge on any atom is 0.321 e. The molecule has 0 unspecified atom stereocenters. The molecule has 0 saturated carbocycles. The smallest absolute Gasteiger partial charge is 0.321 e. The molecule has 1 aromatic heterocycles. The average Bonchev–Trinajstić information content (AvgIpc) is 2.76. The van der Waals surface area contributed by atoms with E-state index in [1.807, 2.05) is 6.92 Å². The molecular formula is C10H17N5O2S. The zero-order valence-electron chi connectivity index (χ0n) is 10.3. The van der Waals surface area contributed by atoms with Gasteiger partial charge in [-0.3, -0.25) is 10.2 Å². The van der Waals surface area contributed by atoms with Crippen LogP contribution in [0.1, 0.15) is 5.01 Å². The molecule has 0 atom stereocenters. The highest BCUT2D eigenvalue weighted by atomic mass is 32.1. The van der Waals surface area contributed by atoms with Crippen molar-refractivity contribution in [2.45, 2.75) is 6.92 Å². The molecule has 1 aliphatic heterocycles. The number of ether oxygens (including phenoxy) is 1. The van der Waals surface area contributed by atoms with Crippen molar-refractivity contribution in [1.82, 2.24) is 20.4 Å². The summed E-state index contributed by atoms with van der Waals surface area (Å²) >= 11 is 1.36. The lowest BCUT2D eigenvalue weighted by Crippen LogP contribution is -2.42. The fraction of sp³-hybridized carbons (Fsp3) is 0.700. The maximum atomic E-state index is 11.5. The summed E-state index contributed by atoms with van der Waals surface area (Å²) in [5.41, 5.74) is 0. The normalized spacial score (nSPS) is 16.5. The van der Waals surface area contributed by atoms with Crippen molar-refractivity contribution in [3.05, 3.63) is 5.01 Å². The second-order valence-corrected chi connectivity index (χ2v) is 5.14. The number of nitrogens with zero attached hydrogens (tertiary/aromatic N) is 3. The highest BCUT2D eigenvalue weighted by molar-refractivity contribution is 7.15. The standard InChI is InChI=1S/C10H17N5O2S/c1-8-13-14-10(18-8)12-9(16)11-2-3-15-4-6-17-7-5-15/h2-7H2,1H3,(H2,11,12,14,16). The highest BCUT2D eigenvalue weighted by Gasteiger charge is 2.10. The predicted molar refractivity (Wildman–Crippen MR) is 68.9 cm³/mol. The second-order valence-electron chi connectivity index (χ2n) is 3.96. The van der Waals surface area contributed by atoms with Gasteiger partial charge in [0.15, 0.2) is 0 Å². The quantitative estimate of drug-likeness (QED) is 0.823. The summed E-state index contributed by atoms with van der Waals surface area (Å²) in [4.78, 5) is 13.8. The molecule has 1 aliphatic rings. The van der Waals surface area contributed by atoms with Gasteiger partial charge >= 0.3 is 6.03 Å². The lowest BCUT2D eigenvalue weighted by Gasteiger charge is -2.26. The summed E-state index contributed by atoms with van der Waals surface area (Å²) in [5.74, 6) is 0. The van der Waals surface area contributed by atoms with E-state index < -0.39 is 0 Å². The number of hydrogen-bond acceptors (Lipinski definition) is 6. The van der Waals surface area contributed by atoms with Crippen LogP contribution in [0.5, 0.6) is 0 Å². The van der Waals surface area contributed by atoms with Gasteiger partial charge in [0.05, 0.1) is 13.2 Å². The van der Waals surface area contributed by atoms with Gasteiger partial charge in [-0.1, -0.05) is 11.3 Å². The lowest BCUT2D eigenvalue weighted by atomic mass is 10.4. The molecule has 100 valence electrons. The van der Waals surface area contributed by atoms with Gasteiger partial charge in [-0.25, -0.2) is 4.79 Å². The van der Waals surface area contributed by atoms with E-state index >= 15 is 0 Å². The first kappa shape index (κ1) is 13.2. The van der Waals surface area contributed by atoms with Crippen LogP contribution in [0, 0.1) is 6.92 Å². The maximum absolute atomic E-state index is 11.5. The number of amides is 2. The van der Waals surface area contributed by atoms with Crippen molar-refractivity contribution in [2.24, 2.45) is 0 Å². The van der Waals surface area contributed by atoms with Gasteiger partial charge in [0.2, 0.25) is 5.13 Å². The van der Waals surface area contributed by atoms with Crippen LogP contribution in [-0.2, 0) is 4.74 Å². The molecule has 8 heteroatoms. The zero-order valence-corrected chi connectivity index (χ0v) is 11.1. The molecular weight excluding hydrogens is 254 g/mol. The molecule has 2 heterocycles. The van der Waals surface area contributed by atoms with Crippen molar-refractivity contribution in [2.75, 3.05) is 44.7 Å². The first-order chi connectivity index (χ1) is 8.74. The van der Waals surface area contributed by atoms with E-state index in [-0.39, 0.29) is 6.03 Å². The number of aryl methyl sites for hydroxylation is 1. The van der Waals surface area contributed by atoms with Crippen molar-refractivity contribution >= 4 is 22.5 Å². The molecule has 0 spiro atoms. The molecule has 2 N–H and O–H groups in total. The third kappa shape index (κ3) is 4.21. The Morgan fingerprint density at radius 1 is 1.44 bits per heavy atom. The van der Waals surface area contributed by atoms with Crippen LogP contribution in [-0.4, -0.2) is 60.5 Å². The SMILES string of the molecule is Cc1nnc(NC(=O)NCCN2CCOCC2)s1. The Kier molecular flexibility index (Phi) is 4.85. The molecule has 7 nitrogen and oxygen atoms in total. The number of hydrogen-bond donors (Lipinski definition) is 2. The molecule has 0 aliphatic carbocycles. The Hall–Kier alpha value is -1.25. The van der Waals surface area contributed by atoms with Gasteiger partial charge in [-0.15, -0.1) is 10.2 Å². The van der Waals surface area contributed by atoms with Crippen molar-refractivity contribution < 1.29 is 9.53 Å². The third-order valence-corrected chi connectivity index (χ3v) is 3.32.